The zero-order valence-electron chi connectivity index (χ0n) is 14.4. The molecular formula is C20H20N2O3. The molecule has 0 fully saturated rings. The fourth-order valence-corrected chi connectivity index (χ4v) is 2.36. The minimum Gasteiger partial charge on any atom is -0.493 e. The van der Waals surface area contributed by atoms with Gasteiger partial charge in [-0.15, -0.1) is 0 Å². The maximum Gasteiger partial charge on any atom is 0.262 e. The summed E-state index contributed by atoms with van der Waals surface area (Å²) in [7, 11) is 3.08. The highest BCUT2D eigenvalue weighted by atomic mass is 16.5. The molecule has 0 aromatic heterocycles. The van der Waals surface area contributed by atoms with E-state index in [0.29, 0.717) is 17.1 Å². The third-order valence-corrected chi connectivity index (χ3v) is 3.73. The summed E-state index contributed by atoms with van der Waals surface area (Å²) in [5.41, 5.74) is 1.67. The molecule has 128 valence electrons. The lowest BCUT2D eigenvalue weighted by Gasteiger charge is -2.14. The number of rotatable bonds is 6. The van der Waals surface area contributed by atoms with Crippen molar-refractivity contribution < 1.29 is 14.3 Å². The van der Waals surface area contributed by atoms with Crippen LogP contribution in [0.3, 0.4) is 0 Å². The number of nitrogens with zero attached hydrogens (tertiary/aromatic N) is 1. The van der Waals surface area contributed by atoms with Crippen LogP contribution < -0.4 is 14.8 Å². The normalized spacial score (nSPS) is 12.0. The molecule has 2 aromatic rings. The van der Waals surface area contributed by atoms with E-state index in [2.05, 4.69) is 5.32 Å². The Balaban J connectivity index is 2.19. The standard InChI is InChI=1S/C20H20N2O3/c1-14(16-7-5-4-6-8-16)22-20(23)17(13-21)11-15-9-10-18(24-2)19(12-15)25-3/h4-12,14H,1-3H3,(H,22,23)/b17-11+. The third-order valence-electron chi connectivity index (χ3n) is 3.73. The monoisotopic (exact) mass is 336 g/mol. The van der Waals surface area contributed by atoms with E-state index in [1.54, 1.807) is 25.3 Å². The molecule has 1 N–H and O–H groups in total. The van der Waals surface area contributed by atoms with Gasteiger partial charge in [0.15, 0.2) is 11.5 Å². The van der Waals surface area contributed by atoms with E-state index in [1.807, 2.05) is 43.3 Å². The van der Waals surface area contributed by atoms with Gasteiger partial charge in [0.25, 0.3) is 5.91 Å². The molecule has 5 heteroatoms. The minimum absolute atomic E-state index is 0.0231. The predicted octanol–water partition coefficient (Wildman–Crippen LogP) is 3.49. The van der Waals surface area contributed by atoms with Crippen molar-refractivity contribution in [1.29, 1.82) is 5.26 Å². The van der Waals surface area contributed by atoms with Crippen molar-refractivity contribution in [3.63, 3.8) is 0 Å². The summed E-state index contributed by atoms with van der Waals surface area (Å²) in [6, 6.07) is 16.5. The molecule has 25 heavy (non-hydrogen) atoms. The summed E-state index contributed by atoms with van der Waals surface area (Å²) in [6.07, 6.45) is 1.52. The smallest absolute Gasteiger partial charge is 0.262 e. The highest BCUT2D eigenvalue weighted by Crippen LogP contribution is 2.28. The SMILES string of the molecule is COc1ccc(/C=C(\C#N)C(=O)NC(C)c2ccccc2)cc1OC. The van der Waals surface area contributed by atoms with E-state index in [0.717, 1.165) is 5.56 Å². The lowest BCUT2D eigenvalue weighted by atomic mass is 10.1. The van der Waals surface area contributed by atoms with Crippen LogP contribution in [0.4, 0.5) is 0 Å². The molecule has 5 nitrogen and oxygen atoms in total. The van der Waals surface area contributed by atoms with Gasteiger partial charge in [0.05, 0.1) is 20.3 Å². The van der Waals surface area contributed by atoms with Crippen molar-refractivity contribution in [2.75, 3.05) is 14.2 Å². The molecule has 0 aliphatic heterocycles. The first-order valence-corrected chi connectivity index (χ1v) is 7.78. The first-order valence-electron chi connectivity index (χ1n) is 7.78. The molecule has 0 heterocycles. The number of nitriles is 1. The van der Waals surface area contributed by atoms with Crippen LogP contribution in [-0.4, -0.2) is 20.1 Å². The number of ether oxygens (including phenoxy) is 2. The number of carbonyl (C=O) groups is 1. The largest absolute Gasteiger partial charge is 0.493 e. The Morgan fingerprint density at radius 3 is 2.40 bits per heavy atom. The van der Waals surface area contributed by atoms with Crippen LogP contribution in [0, 0.1) is 11.3 Å². The molecule has 1 atom stereocenters. The van der Waals surface area contributed by atoms with Gasteiger partial charge in [-0.25, -0.2) is 0 Å². The number of amides is 1. The van der Waals surface area contributed by atoms with Crippen LogP contribution in [0.15, 0.2) is 54.1 Å². The Morgan fingerprint density at radius 2 is 1.80 bits per heavy atom. The first kappa shape index (κ1) is 18.1. The van der Waals surface area contributed by atoms with Gasteiger partial charge in [0.2, 0.25) is 0 Å². The molecule has 2 aromatic carbocycles. The van der Waals surface area contributed by atoms with E-state index in [-0.39, 0.29) is 11.6 Å². The van der Waals surface area contributed by atoms with Crippen molar-refractivity contribution in [1.82, 2.24) is 5.32 Å². The van der Waals surface area contributed by atoms with Crippen LogP contribution in [-0.2, 0) is 4.79 Å². The topological polar surface area (TPSA) is 71.3 Å². The fraction of sp³-hybridized carbons (Fsp3) is 0.200. The Labute approximate surface area is 147 Å². The highest BCUT2D eigenvalue weighted by Gasteiger charge is 2.14. The molecule has 0 spiro atoms. The summed E-state index contributed by atoms with van der Waals surface area (Å²) < 4.78 is 10.4. The van der Waals surface area contributed by atoms with Gasteiger partial charge in [-0.05, 0) is 36.3 Å². The maximum absolute atomic E-state index is 12.4. The number of hydrogen-bond acceptors (Lipinski definition) is 4. The second-order valence-electron chi connectivity index (χ2n) is 5.39. The molecule has 0 bridgehead atoms. The molecule has 0 saturated carbocycles. The van der Waals surface area contributed by atoms with E-state index in [9.17, 15) is 10.1 Å². The third kappa shape index (κ3) is 4.61. The molecule has 1 unspecified atom stereocenters. The van der Waals surface area contributed by atoms with Gasteiger partial charge >= 0.3 is 0 Å². The first-order chi connectivity index (χ1) is 12.1. The molecule has 2 rings (SSSR count). The van der Waals surface area contributed by atoms with Crippen molar-refractivity contribution in [3.05, 3.63) is 65.2 Å². The summed E-state index contributed by atoms with van der Waals surface area (Å²) in [6.45, 7) is 1.87. The average molecular weight is 336 g/mol. The van der Waals surface area contributed by atoms with Crippen molar-refractivity contribution in [3.8, 4) is 17.6 Å². The number of benzene rings is 2. The van der Waals surface area contributed by atoms with Crippen LogP contribution in [0.2, 0.25) is 0 Å². The van der Waals surface area contributed by atoms with Crippen molar-refractivity contribution in [2.24, 2.45) is 0 Å². The lowest BCUT2D eigenvalue weighted by molar-refractivity contribution is -0.117. The molecular weight excluding hydrogens is 316 g/mol. The van der Waals surface area contributed by atoms with Crippen LogP contribution in [0.1, 0.15) is 24.1 Å². The highest BCUT2D eigenvalue weighted by molar-refractivity contribution is 6.01. The Hall–Kier alpha value is -3.26. The van der Waals surface area contributed by atoms with Gasteiger partial charge in [-0.3, -0.25) is 4.79 Å². The summed E-state index contributed by atoms with van der Waals surface area (Å²) in [4.78, 5) is 12.4. The molecule has 0 saturated heterocycles. The van der Waals surface area contributed by atoms with E-state index in [1.165, 1.54) is 13.2 Å². The van der Waals surface area contributed by atoms with Gasteiger partial charge in [-0.2, -0.15) is 5.26 Å². The zero-order chi connectivity index (χ0) is 18.2. The van der Waals surface area contributed by atoms with Gasteiger partial charge < -0.3 is 14.8 Å². The fourth-order valence-electron chi connectivity index (χ4n) is 2.36. The molecule has 0 radical (unpaired) electrons. The zero-order valence-corrected chi connectivity index (χ0v) is 14.4. The quantitative estimate of drug-likeness (QED) is 0.647. The van der Waals surface area contributed by atoms with Crippen LogP contribution in [0.25, 0.3) is 6.08 Å². The van der Waals surface area contributed by atoms with Crippen molar-refractivity contribution in [2.45, 2.75) is 13.0 Å². The summed E-state index contributed by atoms with van der Waals surface area (Å²) >= 11 is 0. The Bertz CT molecular complexity index is 807. The molecule has 0 aliphatic carbocycles. The lowest BCUT2D eigenvalue weighted by Crippen LogP contribution is -2.27. The summed E-state index contributed by atoms with van der Waals surface area (Å²) in [5, 5.41) is 12.2. The van der Waals surface area contributed by atoms with Crippen LogP contribution >= 0.6 is 0 Å². The van der Waals surface area contributed by atoms with Gasteiger partial charge in [0, 0.05) is 0 Å². The van der Waals surface area contributed by atoms with Gasteiger partial charge in [-0.1, -0.05) is 36.4 Å². The summed E-state index contributed by atoms with van der Waals surface area (Å²) in [5.74, 6) is 0.695. The maximum atomic E-state index is 12.4. The Kier molecular flexibility index (Phi) is 6.19. The van der Waals surface area contributed by atoms with Crippen LogP contribution in [0.5, 0.6) is 11.5 Å². The average Bonchev–Trinajstić information content (AvgIpc) is 2.66. The number of carbonyl (C=O) groups excluding carboxylic acids is 1. The number of nitrogens with one attached hydrogen (secondary N) is 1. The number of hydrogen-bond donors (Lipinski definition) is 1. The second-order valence-corrected chi connectivity index (χ2v) is 5.39. The Morgan fingerprint density at radius 1 is 1.12 bits per heavy atom. The molecule has 0 aliphatic rings. The van der Waals surface area contributed by atoms with Gasteiger partial charge in [0.1, 0.15) is 11.6 Å². The van der Waals surface area contributed by atoms with E-state index < -0.39 is 5.91 Å². The van der Waals surface area contributed by atoms with Crippen molar-refractivity contribution >= 4 is 12.0 Å². The predicted molar refractivity (Wildman–Crippen MR) is 96.1 cm³/mol. The molecule has 1 amide bonds. The minimum atomic E-state index is -0.423. The second kappa shape index (κ2) is 8.55. The van der Waals surface area contributed by atoms with E-state index >= 15 is 0 Å². The van der Waals surface area contributed by atoms with E-state index in [4.69, 9.17) is 9.47 Å². The number of methoxy groups -OCH3 is 2.